The lowest BCUT2D eigenvalue weighted by Gasteiger charge is -2.09. The molecule has 0 amide bonds. The number of hydrogen-bond acceptors (Lipinski definition) is 4. The van der Waals surface area contributed by atoms with Crippen molar-refractivity contribution in [1.82, 2.24) is 9.78 Å². The van der Waals surface area contributed by atoms with Crippen LogP contribution in [0.3, 0.4) is 0 Å². The number of aryl methyl sites for hydroxylation is 1. The molecule has 1 aromatic heterocycles. The molecule has 0 fully saturated rings. The number of nitro groups is 1. The Labute approximate surface area is 123 Å². The molecule has 0 spiro atoms. The second-order valence-electron chi connectivity index (χ2n) is 5.24. The highest BCUT2D eigenvalue weighted by Crippen LogP contribution is 2.25. The fourth-order valence-corrected chi connectivity index (χ4v) is 2.67. The van der Waals surface area contributed by atoms with Gasteiger partial charge in [-0.3, -0.25) is 14.8 Å². The maximum Gasteiger partial charge on any atom is 0.272 e. The van der Waals surface area contributed by atoms with Crippen molar-refractivity contribution in [2.24, 2.45) is 0 Å². The Bertz CT molecular complexity index is 690. The van der Waals surface area contributed by atoms with E-state index in [-0.39, 0.29) is 10.6 Å². The zero-order chi connectivity index (χ0) is 15.7. The molecule has 1 aromatic carbocycles. The van der Waals surface area contributed by atoms with Crippen molar-refractivity contribution in [3.8, 4) is 0 Å². The van der Waals surface area contributed by atoms with E-state index in [1.165, 1.54) is 6.07 Å². The summed E-state index contributed by atoms with van der Waals surface area (Å²) in [5.41, 5.74) is 4.10. The Morgan fingerprint density at radius 3 is 2.57 bits per heavy atom. The Hall–Kier alpha value is -2.21. The van der Waals surface area contributed by atoms with Crippen LogP contribution in [0.15, 0.2) is 18.2 Å². The first-order valence-electron chi connectivity index (χ1n) is 6.77. The summed E-state index contributed by atoms with van der Waals surface area (Å²) in [7, 11) is 0. The third kappa shape index (κ3) is 2.80. The van der Waals surface area contributed by atoms with Crippen LogP contribution >= 0.6 is 0 Å². The number of benzene rings is 1. The minimum Gasteiger partial charge on any atom is -0.389 e. The quantitative estimate of drug-likeness (QED) is 0.693. The summed E-state index contributed by atoms with van der Waals surface area (Å²) in [6.45, 7) is 7.65. The van der Waals surface area contributed by atoms with Gasteiger partial charge in [0.2, 0.25) is 0 Å². The van der Waals surface area contributed by atoms with E-state index in [2.05, 4.69) is 5.10 Å². The maximum atomic E-state index is 11.0. The van der Waals surface area contributed by atoms with Gasteiger partial charge in [-0.05, 0) is 33.3 Å². The molecule has 0 bridgehead atoms. The van der Waals surface area contributed by atoms with Gasteiger partial charge >= 0.3 is 0 Å². The van der Waals surface area contributed by atoms with E-state index in [0.717, 1.165) is 22.5 Å². The topological polar surface area (TPSA) is 81.2 Å². The molecule has 1 atom stereocenters. The van der Waals surface area contributed by atoms with E-state index in [1.54, 1.807) is 24.6 Å². The number of hydrogen-bond donors (Lipinski definition) is 1. The molecule has 0 radical (unpaired) electrons. The fraction of sp³-hybridized carbons (Fsp3) is 0.400. The largest absolute Gasteiger partial charge is 0.389 e. The van der Waals surface area contributed by atoms with Gasteiger partial charge in [0.25, 0.3) is 5.69 Å². The highest BCUT2D eigenvalue weighted by atomic mass is 16.6. The summed E-state index contributed by atoms with van der Waals surface area (Å²) in [4.78, 5) is 10.6. The minimum atomic E-state index is -0.579. The lowest BCUT2D eigenvalue weighted by Crippen LogP contribution is -2.07. The number of aliphatic hydroxyl groups excluding tert-OH is 1. The minimum absolute atomic E-state index is 0.116. The summed E-state index contributed by atoms with van der Waals surface area (Å²) >= 11 is 0. The molecule has 0 saturated heterocycles. The van der Waals surface area contributed by atoms with Gasteiger partial charge in [0.1, 0.15) is 0 Å². The Kier molecular flexibility index (Phi) is 4.09. The van der Waals surface area contributed by atoms with E-state index in [1.807, 2.05) is 19.9 Å². The van der Waals surface area contributed by atoms with E-state index >= 15 is 0 Å². The van der Waals surface area contributed by atoms with Crippen LogP contribution in [-0.2, 0) is 6.54 Å². The highest BCUT2D eigenvalue weighted by Gasteiger charge is 2.18. The van der Waals surface area contributed by atoms with Gasteiger partial charge in [0, 0.05) is 22.9 Å². The normalized spacial score (nSPS) is 12.4. The van der Waals surface area contributed by atoms with E-state index in [9.17, 15) is 15.2 Å². The Morgan fingerprint density at radius 2 is 2.05 bits per heavy atom. The average molecular weight is 289 g/mol. The van der Waals surface area contributed by atoms with Crippen molar-refractivity contribution < 1.29 is 10.0 Å². The summed E-state index contributed by atoms with van der Waals surface area (Å²) in [6.07, 6.45) is -0.579. The van der Waals surface area contributed by atoms with Crippen LogP contribution < -0.4 is 0 Å². The molecule has 0 saturated carbocycles. The third-order valence-corrected chi connectivity index (χ3v) is 3.79. The number of aliphatic hydroxyl groups is 1. The molecule has 2 aromatic rings. The standard InChI is InChI=1S/C15H19N3O3/c1-9-13(6-5-7-14(9)18(20)21)8-17-11(3)15(12(4)19)10(2)16-17/h5-7,12,19H,8H2,1-4H3. The summed E-state index contributed by atoms with van der Waals surface area (Å²) in [6, 6.07) is 5.05. The van der Waals surface area contributed by atoms with Crippen LogP contribution in [0, 0.1) is 30.9 Å². The summed E-state index contributed by atoms with van der Waals surface area (Å²) < 4.78 is 1.78. The molecule has 1 N–H and O–H groups in total. The Morgan fingerprint density at radius 1 is 1.38 bits per heavy atom. The van der Waals surface area contributed by atoms with Crippen molar-refractivity contribution >= 4 is 5.69 Å². The van der Waals surface area contributed by atoms with Crippen LogP contribution in [0.1, 0.15) is 41.1 Å². The molecule has 6 heteroatoms. The molecule has 21 heavy (non-hydrogen) atoms. The van der Waals surface area contributed by atoms with Gasteiger partial charge in [0.05, 0.1) is 23.3 Å². The van der Waals surface area contributed by atoms with Crippen molar-refractivity contribution in [2.75, 3.05) is 0 Å². The number of nitro benzene ring substituents is 1. The van der Waals surface area contributed by atoms with Gasteiger partial charge in [0.15, 0.2) is 0 Å². The van der Waals surface area contributed by atoms with Crippen LogP contribution in [0.25, 0.3) is 0 Å². The average Bonchev–Trinajstić information content (AvgIpc) is 2.66. The second kappa shape index (κ2) is 5.65. The molecule has 112 valence electrons. The van der Waals surface area contributed by atoms with Gasteiger partial charge < -0.3 is 5.11 Å². The fourth-order valence-electron chi connectivity index (χ4n) is 2.67. The van der Waals surface area contributed by atoms with Gasteiger partial charge in [-0.2, -0.15) is 5.10 Å². The number of nitrogens with zero attached hydrogens (tertiary/aromatic N) is 3. The van der Waals surface area contributed by atoms with Crippen LogP contribution in [0.2, 0.25) is 0 Å². The van der Waals surface area contributed by atoms with Crippen molar-refractivity contribution in [1.29, 1.82) is 0 Å². The van der Waals surface area contributed by atoms with Gasteiger partial charge in [-0.1, -0.05) is 12.1 Å². The summed E-state index contributed by atoms with van der Waals surface area (Å²) in [5, 5.41) is 25.2. The van der Waals surface area contributed by atoms with Crippen LogP contribution in [-0.4, -0.2) is 19.8 Å². The lowest BCUT2D eigenvalue weighted by molar-refractivity contribution is -0.385. The van der Waals surface area contributed by atoms with E-state index in [0.29, 0.717) is 12.1 Å². The van der Waals surface area contributed by atoms with Crippen LogP contribution in [0.4, 0.5) is 5.69 Å². The Balaban J connectivity index is 2.42. The molecule has 1 heterocycles. The molecule has 6 nitrogen and oxygen atoms in total. The zero-order valence-corrected chi connectivity index (χ0v) is 12.6. The molecular formula is C15H19N3O3. The molecule has 1 unspecified atom stereocenters. The highest BCUT2D eigenvalue weighted by molar-refractivity contribution is 5.44. The molecule has 0 aliphatic rings. The van der Waals surface area contributed by atoms with Crippen molar-refractivity contribution in [2.45, 2.75) is 40.3 Å². The summed E-state index contributed by atoms with van der Waals surface area (Å²) in [5.74, 6) is 0. The zero-order valence-electron chi connectivity index (χ0n) is 12.6. The molecule has 2 rings (SSSR count). The number of rotatable bonds is 4. The molecule has 0 aliphatic heterocycles. The SMILES string of the molecule is Cc1nn(Cc2cccc([N+](=O)[O-])c2C)c(C)c1C(C)O. The monoisotopic (exact) mass is 289 g/mol. The maximum absolute atomic E-state index is 11.0. The first-order valence-corrected chi connectivity index (χ1v) is 6.77. The lowest BCUT2D eigenvalue weighted by atomic mass is 10.1. The van der Waals surface area contributed by atoms with Gasteiger partial charge in [-0.15, -0.1) is 0 Å². The van der Waals surface area contributed by atoms with E-state index < -0.39 is 6.10 Å². The van der Waals surface area contributed by atoms with Crippen molar-refractivity contribution in [3.05, 3.63) is 56.4 Å². The first kappa shape index (κ1) is 15.2. The number of aromatic nitrogens is 2. The molecular weight excluding hydrogens is 270 g/mol. The van der Waals surface area contributed by atoms with Crippen molar-refractivity contribution in [3.63, 3.8) is 0 Å². The molecule has 0 aliphatic carbocycles. The first-order chi connectivity index (χ1) is 9.82. The predicted octanol–water partition coefficient (Wildman–Crippen LogP) is 2.82. The van der Waals surface area contributed by atoms with Crippen LogP contribution in [0.5, 0.6) is 0 Å². The van der Waals surface area contributed by atoms with E-state index in [4.69, 9.17) is 0 Å². The second-order valence-corrected chi connectivity index (χ2v) is 5.24. The smallest absolute Gasteiger partial charge is 0.272 e. The predicted molar refractivity (Wildman–Crippen MR) is 79.3 cm³/mol. The third-order valence-electron chi connectivity index (χ3n) is 3.79. The van der Waals surface area contributed by atoms with Gasteiger partial charge in [-0.25, -0.2) is 0 Å².